The molecule has 0 N–H and O–H groups in total. The zero-order valence-corrected chi connectivity index (χ0v) is 21.3. The van der Waals surface area contributed by atoms with Gasteiger partial charge in [0.05, 0.1) is 35.3 Å². The van der Waals surface area contributed by atoms with Crippen molar-refractivity contribution >= 4 is 27.8 Å². The Hall–Kier alpha value is -4.16. The Labute approximate surface area is 216 Å². The van der Waals surface area contributed by atoms with E-state index in [0.29, 0.717) is 18.7 Å². The van der Waals surface area contributed by atoms with Crippen LogP contribution in [0.2, 0.25) is 0 Å². The van der Waals surface area contributed by atoms with Gasteiger partial charge in [0, 0.05) is 24.6 Å². The fourth-order valence-corrected chi connectivity index (χ4v) is 4.67. The average molecular weight is 495 g/mol. The SMILES string of the molecule is COCc1c(C(=O)OC(C)C)ncc2c1c1c(OCc3ccccc3)cccc1n2Cc1ccccc1. The van der Waals surface area contributed by atoms with Crippen LogP contribution >= 0.6 is 0 Å². The van der Waals surface area contributed by atoms with Crippen molar-refractivity contribution in [3.8, 4) is 5.75 Å². The number of rotatable bonds is 9. The third-order valence-corrected chi connectivity index (χ3v) is 6.24. The van der Waals surface area contributed by atoms with Gasteiger partial charge in [-0.15, -0.1) is 0 Å². The number of esters is 1. The summed E-state index contributed by atoms with van der Waals surface area (Å²) in [5.41, 5.74) is 5.10. The topological polar surface area (TPSA) is 62.6 Å². The fraction of sp³-hybridized carbons (Fsp3) is 0.226. The molecular formula is C31H30N2O4. The molecule has 2 aromatic heterocycles. The van der Waals surface area contributed by atoms with Crippen molar-refractivity contribution in [2.24, 2.45) is 0 Å². The van der Waals surface area contributed by atoms with Crippen molar-refractivity contribution in [2.75, 3.05) is 7.11 Å². The second kappa shape index (κ2) is 10.8. The fourth-order valence-electron chi connectivity index (χ4n) is 4.67. The van der Waals surface area contributed by atoms with Gasteiger partial charge in [-0.1, -0.05) is 66.7 Å². The van der Waals surface area contributed by atoms with Crippen molar-refractivity contribution in [1.29, 1.82) is 0 Å². The minimum atomic E-state index is -0.462. The second-order valence-corrected chi connectivity index (χ2v) is 9.23. The number of nitrogens with zero attached hydrogens (tertiary/aromatic N) is 2. The number of carbonyl (C=O) groups excluding carboxylic acids is 1. The maximum absolute atomic E-state index is 13.0. The first-order valence-corrected chi connectivity index (χ1v) is 12.4. The monoisotopic (exact) mass is 494 g/mol. The summed E-state index contributed by atoms with van der Waals surface area (Å²) in [5, 5.41) is 1.82. The molecule has 0 saturated heterocycles. The van der Waals surface area contributed by atoms with Gasteiger partial charge in [-0.05, 0) is 37.1 Å². The molecule has 0 amide bonds. The maximum atomic E-state index is 13.0. The predicted octanol–water partition coefficient (Wildman–Crippen LogP) is 6.53. The zero-order chi connectivity index (χ0) is 25.8. The van der Waals surface area contributed by atoms with Crippen LogP contribution in [0.1, 0.15) is 41.0 Å². The molecule has 0 atom stereocenters. The molecule has 37 heavy (non-hydrogen) atoms. The second-order valence-electron chi connectivity index (χ2n) is 9.23. The first-order chi connectivity index (χ1) is 18.1. The number of benzene rings is 3. The quantitative estimate of drug-likeness (QED) is 0.218. The summed E-state index contributed by atoms with van der Waals surface area (Å²) >= 11 is 0. The predicted molar refractivity (Wildman–Crippen MR) is 145 cm³/mol. The van der Waals surface area contributed by atoms with Crippen molar-refractivity contribution in [1.82, 2.24) is 9.55 Å². The number of fused-ring (bicyclic) bond motifs is 3. The van der Waals surface area contributed by atoms with E-state index in [1.54, 1.807) is 13.3 Å². The zero-order valence-electron chi connectivity index (χ0n) is 21.3. The first-order valence-electron chi connectivity index (χ1n) is 12.4. The Morgan fingerprint density at radius 2 is 1.54 bits per heavy atom. The molecule has 0 fully saturated rings. The van der Waals surface area contributed by atoms with Gasteiger partial charge in [0.2, 0.25) is 0 Å². The van der Waals surface area contributed by atoms with Gasteiger partial charge in [-0.3, -0.25) is 0 Å². The third-order valence-electron chi connectivity index (χ3n) is 6.24. The van der Waals surface area contributed by atoms with Crippen LogP contribution in [-0.2, 0) is 29.2 Å². The van der Waals surface area contributed by atoms with Gasteiger partial charge in [-0.25, -0.2) is 9.78 Å². The maximum Gasteiger partial charge on any atom is 0.357 e. The van der Waals surface area contributed by atoms with E-state index >= 15 is 0 Å². The molecule has 0 radical (unpaired) electrons. The lowest BCUT2D eigenvalue weighted by molar-refractivity contribution is 0.0366. The lowest BCUT2D eigenvalue weighted by Gasteiger charge is -2.13. The number of ether oxygens (including phenoxy) is 3. The first kappa shape index (κ1) is 24.5. The summed E-state index contributed by atoms with van der Waals surface area (Å²) < 4.78 is 19.7. The standard InChI is InChI=1S/C31H30N2O4/c1-21(2)37-31(34)30-24(20-35-3)28-26(17-32-30)33(18-22-11-6-4-7-12-22)25-15-10-16-27(29(25)28)36-19-23-13-8-5-9-14-23/h4-17,21H,18-20H2,1-3H3. The Bertz CT molecular complexity index is 1530. The summed E-state index contributed by atoms with van der Waals surface area (Å²) in [6, 6.07) is 26.4. The largest absolute Gasteiger partial charge is 0.488 e. The molecule has 0 aliphatic rings. The van der Waals surface area contributed by atoms with Gasteiger partial charge in [0.25, 0.3) is 0 Å². The van der Waals surface area contributed by atoms with E-state index in [4.69, 9.17) is 14.2 Å². The van der Waals surface area contributed by atoms with Crippen LogP contribution in [0.25, 0.3) is 21.8 Å². The molecule has 2 heterocycles. The molecule has 6 heteroatoms. The van der Waals surface area contributed by atoms with Crippen LogP contribution in [0.4, 0.5) is 0 Å². The average Bonchev–Trinajstić information content (AvgIpc) is 3.23. The number of aromatic nitrogens is 2. The highest BCUT2D eigenvalue weighted by Gasteiger charge is 2.25. The minimum Gasteiger partial charge on any atom is -0.488 e. The van der Waals surface area contributed by atoms with E-state index in [0.717, 1.165) is 38.7 Å². The number of carbonyl (C=O) groups is 1. The van der Waals surface area contributed by atoms with E-state index in [1.165, 1.54) is 0 Å². The highest BCUT2D eigenvalue weighted by atomic mass is 16.5. The highest BCUT2D eigenvalue weighted by molar-refractivity contribution is 6.14. The molecule has 0 spiro atoms. The van der Waals surface area contributed by atoms with Gasteiger partial charge >= 0.3 is 5.97 Å². The van der Waals surface area contributed by atoms with Crippen LogP contribution in [0.5, 0.6) is 5.75 Å². The molecule has 3 aromatic carbocycles. The van der Waals surface area contributed by atoms with Crippen molar-refractivity contribution in [3.63, 3.8) is 0 Å². The molecular weight excluding hydrogens is 464 g/mol. The number of pyridine rings is 1. The Morgan fingerprint density at radius 1 is 0.838 bits per heavy atom. The van der Waals surface area contributed by atoms with Gasteiger partial charge in [-0.2, -0.15) is 0 Å². The van der Waals surface area contributed by atoms with Gasteiger partial charge in [0.15, 0.2) is 5.69 Å². The molecule has 0 aliphatic carbocycles. The summed E-state index contributed by atoms with van der Waals surface area (Å²) in [6.45, 7) is 4.94. The molecule has 0 saturated carbocycles. The Morgan fingerprint density at radius 3 is 2.22 bits per heavy atom. The number of hydrogen-bond acceptors (Lipinski definition) is 5. The van der Waals surface area contributed by atoms with E-state index in [-0.39, 0.29) is 18.4 Å². The van der Waals surface area contributed by atoms with E-state index in [2.05, 4.69) is 27.8 Å². The Kier molecular flexibility index (Phi) is 7.19. The molecule has 0 bridgehead atoms. The highest BCUT2D eigenvalue weighted by Crippen LogP contribution is 2.39. The van der Waals surface area contributed by atoms with Crippen LogP contribution in [-0.4, -0.2) is 28.7 Å². The van der Waals surface area contributed by atoms with E-state index < -0.39 is 5.97 Å². The van der Waals surface area contributed by atoms with E-state index in [9.17, 15) is 4.79 Å². The number of hydrogen-bond donors (Lipinski definition) is 0. The van der Waals surface area contributed by atoms with Gasteiger partial charge in [0.1, 0.15) is 12.4 Å². The van der Waals surface area contributed by atoms with Crippen molar-refractivity contribution in [2.45, 2.75) is 39.7 Å². The number of methoxy groups -OCH3 is 1. The summed E-state index contributed by atoms with van der Waals surface area (Å²) in [6.07, 6.45) is 1.50. The van der Waals surface area contributed by atoms with Crippen molar-refractivity contribution < 1.29 is 19.0 Å². The van der Waals surface area contributed by atoms with Crippen LogP contribution in [0.3, 0.4) is 0 Å². The van der Waals surface area contributed by atoms with E-state index in [1.807, 2.05) is 74.5 Å². The lowest BCUT2D eigenvalue weighted by Crippen LogP contribution is -2.16. The molecule has 5 aromatic rings. The molecule has 0 aliphatic heterocycles. The summed E-state index contributed by atoms with van der Waals surface area (Å²) in [7, 11) is 1.62. The minimum absolute atomic E-state index is 0.213. The molecule has 6 nitrogen and oxygen atoms in total. The smallest absolute Gasteiger partial charge is 0.357 e. The molecule has 188 valence electrons. The third kappa shape index (κ3) is 5.06. The van der Waals surface area contributed by atoms with Crippen LogP contribution < -0.4 is 4.74 Å². The van der Waals surface area contributed by atoms with Crippen LogP contribution in [0, 0.1) is 0 Å². The lowest BCUT2D eigenvalue weighted by atomic mass is 10.0. The molecule has 0 unspecified atom stereocenters. The summed E-state index contributed by atoms with van der Waals surface area (Å²) in [4.78, 5) is 17.6. The summed E-state index contributed by atoms with van der Waals surface area (Å²) in [5.74, 6) is 0.278. The normalized spacial score (nSPS) is 11.4. The van der Waals surface area contributed by atoms with Gasteiger partial charge < -0.3 is 18.8 Å². The van der Waals surface area contributed by atoms with Crippen molar-refractivity contribution in [3.05, 3.63) is 107 Å². The van der Waals surface area contributed by atoms with Crippen LogP contribution in [0.15, 0.2) is 85.1 Å². The molecule has 5 rings (SSSR count). The Balaban J connectivity index is 1.74.